The number of rotatable bonds is 5. The van der Waals surface area contributed by atoms with Crippen molar-refractivity contribution >= 4 is 39.2 Å². The van der Waals surface area contributed by atoms with E-state index >= 15 is 0 Å². The molecule has 0 bridgehead atoms. The van der Waals surface area contributed by atoms with E-state index in [-0.39, 0.29) is 11.8 Å². The molecule has 0 aliphatic carbocycles. The monoisotopic (exact) mass is 430 g/mol. The lowest BCUT2D eigenvalue weighted by Crippen LogP contribution is -2.43. The number of para-hydroxylation sites is 1. The zero-order chi connectivity index (χ0) is 21.2. The molecule has 1 aliphatic heterocycles. The van der Waals surface area contributed by atoms with Gasteiger partial charge in [-0.25, -0.2) is 4.98 Å². The third-order valence-electron chi connectivity index (χ3n) is 5.69. The minimum absolute atomic E-state index is 0.0974. The molecule has 0 radical (unpaired) electrons. The van der Waals surface area contributed by atoms with Crippen LogP contribution in [0.2, 0.25) is 0 Å². The first-order chi connectivity index (χ1) is 15.2. The summed E-state index contributed by atoms with van der Waals surface area (Å²) in [4.78, 5) is 32.2. The third-order valence-corrected chi connectivity index (χ3v) is 6.38. The second kappa shape index (κ2) is 8.35. The van der Waals surface area contributed by atoms with Crippen LogP contribution in [0.4, 0.5) is 5.13 Å². The Morgan fingerprint density at radius 2 is 1.90 bits per heavy atom. The van der Waals surface area contributed by atoms with Crippen LogP contribution < -0.4 is 5.32 Å². The zero-order valence-corrected chi connectivity index (χ0v) is 17.7. The molecule has 1 N–H and O–H groups in total. The summed E-state index contributed by atoms with van der Waals surface area (Å²) in [5, 5.41) is 6.13. The van der Waals surface area contributed by atoms with E-state index in [1.807, 2.05) is 54.0 Å². The molecule has 31 heavy (non-hydrogen) atoms. The topological polar surface area (TPSA) is 67.2 Å². The highest BCUT2D eigenvalue weighted by molar-refractivity contribution is 7.13. The van der Waals surface area contributed by atoms with E-state index in [1.165, 1.54) is 16.9 Å². The predicted octanol–water partition coefficient (Wildman–Crippen LogP) is 4.39. The first kappa shape index (κ1) is 19.5. The van der Waals surface area contributed by atoms with E-state index in [0.717, 1.165) is 17.3 Å². The second-order valence-electron chi connectivity index (χ2n) is 7.66. The summed E-state index contributed by atoms with van der Waals surface area (Å²) in [6, 6.07) is 17.7. The molecule has 6 nitrogen and oxygen atoms in total. The van der Waals surface area contributed by atoms with Crippen molar-refractivity contribution in [1.29, 1.82) is 0 Å². The van der Waals surface area contributed by atoms with Crippen LogP contribution in [0.5, 0.6) is 0 Å². The van der Waals surface area contributed by atoms with Crippen molar-refractivity contribution < 1.29 is 9.59 Å². The number of nitrogens with zero attached hydrogens (tertiary/aromatic N) is 3. The molecule has 2 aromatic carbocycles. The number of hydrogen-bond acceptors (Lipinski definition) is 4. The van der Waals surface area contributed by atoms with E-state index in [2.05, 4.69) is 27.0 Å². The van der Waals surface area contributed by atoms with Gasteiger partial charge in [0.2, 0.25) is 5.91 Å². The summed E-state index contributed by atoms with van der Waals surface area (Å²) in [6.07, 6.45) is 5.05. The molecular formula is C24H22N4O2S. The van der Waals surface area contributed by atoms with Gasteiger partial charge in [0.25, 0.3) is 5.91 Å². The zero-order valence-electron chi connectivity index (χ0n) is 16.9. The summed E-state index contributed by atoms with van der Waals surface area (Å²) in [5.41, 5.74) is 2.82. The fraction of sp³-hybridized carbons (Fsp3) is 0.208. The summed E-state index contributed by atoms with van der Waals surface area (Å²) in [6.45, 7) is 1.26. The number of benzene rings is 2. The molecule has 7 heteroatoms. The molecule has 4 aromatic rings. The first-order valence-corrected chi connectivity index (χ1v) is 11.2. The Balaban J connectivity index is 1.44. The van der Waals surface area contributed by atoms with Crippen LogP contribution in [0, 0.1) is 0 Å². The summed E-state index contributed by atoms with van der Waals surface area (Å²) >= 11 is 1.37. The van der Waals surface area contributed by atoms with Crippen LogP contribution in [-0.4, -0.2) is 38.9 Å². The normalized spacial score (nSPS) is 16.0. The van der Waals surface area contributed by atoms with Crippen molar-refractivity contribution in [3.05, 3.63) is 83.5 Å². The van der Waals surface area contributed by atoms with Gasteiger partial charge in [0.05, 0.1) is 5.56 Å². The maximum Gasteiger partial charge on any atom is 0.256 e. The van der Waals surface area contributed by atoms with E-state index < -0.39 is 6.04 Å². The van der Waals surface area contributed by atoms with Crippen LogP contribution in [0.3, 0.4) is 0 Å². The van der Waals surface area contributed by atoms with Gasteiger partial charge in [0, 0.05) is 41.8 Å². The Bertz CT molecular complexity index is 1220. The molecular weight excluding hydrogens is 408 g/mol. The van der Waals surface area contributed by atoms with Crippen molar-refractivity contribution in [2.45, 2.75) is 25.4 Å². The largest absolute Gasteiger partial charge is 0.342 e. The van der Waals surface area contributed by atoms with Gasteiger partial charge in [-0.3, -0.25) is 9.59 Å². The van der Waals surface area contributed by atoms with Gasteiger partial charge in [-0.2, -0.15) is 0 Å². The van der Waals surface area contributed by atoms with Crippen molar-refractivity contribution in [1.82, 2.24) is 14.5 Å². The minimum Gasteiger partial charge on any atom is -0.342 e. The van der Waals surface area contributed by atoms with Gasteiger partial charge in [-0.05, 0) is 24.5 Å². The molecule has 1 unspecified atom stereocenters. The SMILES string of the molecule is O=C(Nc1nccs1)C1CCCN1C(=O)c1cn(Cc2ccccc2)c2ccccc12. The first-order valence-electron chi connectivity index (χ1n) is 10.3. The molecule has 1 atom stereocenters. The van der Waals surface area contributed by atoms with Gasteiger partial charge in [-0.1, -0.05) is 48.5 Å². The molecule has 5 rings (SSSR count). The Labute approximate surface area is 184 Å². The molecule has 2 amide bonds. The number of fused-ring (bicyclic) bond motifs is 1. The minimum atomic E-state index is -0.479. The average molecular weight is 431 g/mol. The van der Waals surface area contributed by atoms with E-state index in [9.17, 15) is 9.59 Å². The molecule has 2 aromatic heterocycles. The smallest absolute Gasteiger partial charge is 0.256 e. The Kier molecular flexibility index (Phi) is 5.26. The van der Waals surface area contributed by atoms with Crippen LogP contribution in [-0.2, 0) is 11.3 Å². The van der Waals surface area contributed by atoms with E-state index in [0.29, 0.717) is 30.2 Å². The van der Waals surface area contributed by atoms with Crippen LogP contribution in [0.15, 0.2) is 72.4 Å². The van der Waals surface area contributed by atoms with Gasteiger partial charge >= 0.3 is 0 Å². The van der Waals surface area contributed by atoms with E-state index in [4.69, 9.17) is 0 Å². The van der Waals surface area contributed by atoms with Crippen molar-refractivity contribution in [2.24, 2.45) is 0 Å². The van der Waals surface area contributed by atoms with Crippen molar-refractivity contribution in [2.75, 3.05) is 11.9 Å². The maximum absolute atomic E-state index is 13.6. The highest BCUT2D eigenvalue weighted by Crippen LogP contribution is 2.28. The van der Waals surface area contributed by atoms with Gasteiger partial charge in [-0.15, -0.1) is 11.3 Å². The molecule has 0 spiro atoms. The van der Waals surface area contributed by atoms with E-state index in [1.54, 1.807) is 11.1 Å². The number of nitrogens with one attached hydrogen (secondary N) is 1. The summed E-state index contributed by atoms with van der Waals surface area (Å²) in [5.74, 6) is -0.270. The second-order valence-corrected chi connectivity index (χ2v) is 8.55. The molecule has 1 aliphatic rings. The molecule has 1 fully saturated rings. The Hall–Kier alpha value is -3.45. The highest BCUT2D eigenvalue weighted by Gasteiger charge is 2.35. The number of hydrogen-bond donors (Lipinski definition) is 1. The molecule has 0 saturated carbocycles. The number of likely N-dealkylation sites (tertiary alicyclic amines) is 1. The molecule has 3 heterocycles. The fourth-order valence-electron chi connectivity index (χ4n) is 4.24. The fourth-order valence-corrected chi connectivity index (χ4v) is 4.77. The number of carbonyl (C=O) groups excluding carboxylic acids is 2. The third kappa shape index (κ3) is 3.84. The lowest BCUT2D eigenvalue weighted by Gasteiger charge is -2.23. The predicted molar refractivity (Wildman–Crippen MR) is 122 cm³/mol. The maximum atomic E-state index is 13.6. The Morgan fingerprint density at radius 1 is 1.10 bits per heavy atom. The number of thiazole rings is 1. The van der Waals surface area contributed by atoms with Crippen molar-refractivity contribution in [3.63, 3.8) is 0 Å². The number of amides is 2. The number of aromatic nitrogens is 2. The lowest BCUT2D eigenvalue weighted by atomic mass is 10.1. The molecule has 156 valence electrons. The Morgan fingerprint density at radius 3 is 2.71 bits per heavy atom. The van der Waals surface area contributed by atoms with Crippen LogP contribution >= 0.6 is 11.3 Å². The standard InChI is InChI=1S/C24H22N4O2S/c29-22(26-24-25-12-14-31-24)21-11-6-13-28(21)23(30)19-16-27(15-17-7-2-1-3-8-17)20-10-5-4-9-18(19)20/h1-5,7-10,12,14,16,21H,6,11,13,15H2,(H,25,26,29). The summed E-state index contributed by atoms with van der Waals surface area (Å²) < 4.78 is 2.11. The quantitative estimate of drug-likeness (QED) is 0.511. The lowest BCUT2D eigenvalue weighted by molar-refractivity contribution is -0.119. The van der Waals surface area contributed by atoms with Crippen molar-refractivity contribution in [3.8, 4) is 0 Å². The average Bonchev–Trinajstić information content (AvgIpc) is 3.55. The number of carbonyl (C=O) groups is 2. The molecule has 1 saturated heterocycles. The van der Waals surface area contributed by atoms with Gasteiger partial charge < -0.3 is 14.8 Å². The van der Waals surface area contributed by atoms with Crippen LogP contribution in [0.1, 0.15) is 28.8 Å². The van der Waals surface area contributed by atoms with Gasteiger partial charge in [0.15, 0.2) is 5.13 Å². The summed E-state index contributed by atoms with van der Waals surface area (Å²) in [7, 11) is 0. The van der Waals surface area contributed by atoms with Gasteiger partial charge in [0.1, 0.15) is 6.04 Å². The van der Waals surface area contributed by atoms with Crippen LogP contribution in [0.25, 0.3) is 10.9 Å². The highest BCUT2D eigenvalue weighted by atomic mass is 32.1. The number of anilines is 1.